The van der Waals surface area contributed by atoms with Crippen LogP contribution >= 0.6 is 0 Å². The van der Waals surface area contributed by atoms with Crippen LogP contribution in [0.1, 0.15) is 12.5 Å². The molecule has 0 fully saturated rings. The van der Waals surface area contributed by atoms with Gasteiger partial charge in [-0.15, -0.1) is 0 Å². The zero-order valence-corrected chi connectivity index (χ0v) is 12.3. The van der Waals surface area contributed by atoms with Gasteiger partial charge in [-0.1, -0.05) is 6.07 Å². The van der Waals surface area contributed by atoms with Gasteiger partial charge in [0.15, 0.2) is 17.1 Å². The molecule has 0 unspecified atom stereocenters. The van der Waals surface area contributed by atoms with Gasteiger partial charge in [-0.2, -0.15) is 15.8 Å². The highest BCUT2D eigenvalue weighted by Crippen LogP contribution is 2.29. The fraction of sp³-hybridized carbons (Fsp3) is 0.188. The normalized spacial score (nSPS) is 9.86. The predicted octanol–water partition coefficient (Wildman–Crippen LogP) is 2.26. The van der Waals surface area contributed by atoms with Gasteiger partial charge in [-0.25, -0.2) is 0 Å². The second-order valence-corrected chi connectivity index (χ2v) is 4.03. The minimum absolute atomic E-state index is 0.0318. The standard InChI is InChI=1S/C16H14N4O2/c1-3-22-14-5-4-11(7-15(14)21-2)6-12(8-17)16(20)13(9-18)10-19/h4-7H,3,20H2,1-2H3. The summed E-state index contributed by atoms with van der Waals surface area (Å²) in [6.07, 6.45) is 1.47. The fourth-order valence-electron chi connectivity index (χ4n) is 1.67. The second kappa shape index (κ2) is 7.99. The summed E-state index contributed by atoms with van der Waals surface area (Å²) in [5.74, 6) is 1.09. The zero-order valence-electron chi connectivity index (χ0n) is 12.3. The average Bonchev–Trinajstić information content (AvgIpc) is 2.54. The van der Waals surface area contributed by atoms with Crippen molar-refractivity contribution in [2.75, 3.05) is 13.7 Å². The summed E-state index contributed by atoms with van der Waals surface area (Å²) < 4.78 is 10.6. The summed E-state index contributed by atoms with van der Waals surface area (Å²) in [6, 6.07) is 10.3. The van der Waals surface area contributed by atoms with Crippen LogP contribution in [0.3, 0.4) is 0 Å². The molecule has 0 atom stereocenters. The van der Waals surface area contributed by atoms with Gasteiger partial charge in [0.25, 0.3) is 0 Å². The van der Waals surface area contributed by atoms with Crippen molar-refractivity contribution >= 4 is 6.08 Å². The first kappa shape index (κ1) is 16.6. The Morgan fingerprint density at radius 3 is 2.36 bits per heavy atom. The van der Waals surface area contributed by atoms with Gasteiger partial charge in [-0.3, -0.25) is 0 Å². The first-order chi connectivity index (χ1) is 10.6. The molecule has 1 rings (SSSR count). The van der Waals surface area contributed by atoms with Crippen LogP contribution in [0.15, 0.2) is 35.0 Å². The van der Waals surface area contributed by atoms with E-state index in [0.29, 0.717) is 23.7 Å². The molecule has 6 heteroatoms. The van der Waals surface area contributed by atoms with Crippen LogP contribution in [0.2, 0.25) is 0 Å². The third kappa shape index (κ3) is 3.79. The molecule has 110 valence electrons. The lowest BCUT2D eigenvalue weighted by Crippen LogP contribution is -2.03. The summed E-state index contributed by atoms with van der Waals surface area (Å²) >= 11 is 0. The number of nitrogens with zero attached hydrogens (tertiary/aromatic N) is 3. The number of nitrogens with two attached hydrogens (primary N) is 1. The van der Waals surface area contributed by atoms with Gasteiger partial charge in [0.05, 0.1) is 25.0 Å². The summed E-state index contributed by atoms with van der Waals surface area (Å²) in [4.78, 5) is 0. The topological polar surface area (TPSA) is 116 Å². The van der Waals surface area contributed by atoms with E-state index in [4.69, 9.17) is 31.0 Å². The van der Waals surface area contributed by atoms with Gasteiger partial charge < -0.3 is 15.2 Å². The number of hydrogen-bond acceptors (Lipinski definition) is 6. The highest BCUT2D eigenvalue weighted by atomic mass is 16.5. The van der Waals surface area contributed by atoms with Gasteiger partial charge in [0.2, 0.25) is 0 Å². The zero-order chi connectivity index (χ0) is 16.5. The van der Waals surface area contributed by atoms with E-state index in [1.165, 1.54) is 13.2 Å². The Morgan fingerprint density at radius 1 is 1.18 bits per heavy atom. The van der Waals surface area contributed by atoms with Gasteiger partial charge in [0, 0.05) is 0 Å². The molecule has 0 aromatic heterocycles. The third-order valence-electron chi connectivity index (χ3n) is 2.70. The Morgan fingerprint density at radius 2 is 1.86 bits per heavy atom. The molecule has 0 saturated carbocycles. The average molecular weight is 294 g/mol. The van der Waals surface area contributed by atoms with Crippen LogP contribution in [0.5, 0.6) is 11.5 Å². The van der Waals surface area contributed by atoms with E-state index >= 15 is 0 Å². The first-order valence-electron chi connectivity index (χ1n) is 6.34. The van der Waals surface area contributed by atoms with Crippen molar-refractivity contribution in [3.05, 3.63) is 40.6 Å². The summed E-state index contributed by atoms with van der Waals surface area (Å²) in [5.41, 5.74) is 5.89. The number of hydrogen-bond donors (Lipinski definition) is 1. The molecule has 0 saturated heterocycles. The van der Waals surface area contributed by atoms with E-state index in [0.717, 1.165) is 0 Å². The van der Waals surface area contributed by atoms with Gasteiger partial charge >= 0.3 is 0 Å². The van der Waals surface area contributed by atoms with Gasteiger partial charge in [0.1, 0.15) is 18.2 Å². The Balaban J connectivity index is 3.32. The first-order valence-corrected chi connectivity index (χ1v) is 6.34. The number of rotatable bonds is 5. The van der Waals surface area contributed by atoms with E-state index in [1.54, 1.807) is 30.3 Å². The Labute approximate surface area is 128 Å². The molecule has 22 heavy (non-hydrogen) atoms. The van der Waals surface area contributed by atoms with Crippen LogP contribution in [0.4, 0.5) is 0 Å². The van der Waals surface area contributed by atoms with Crippen molar-refractivity contribution in [3.8, 4) is 29.7 Å². The Kier molecular flexibility index (Phi) is 6.04. The molecule has 0 radical (unpaired) electrons. The van der Waals surface area contributed by atoms with Crippen molar-refractivity contribution < 1.29 is 9.47 Å². The molecule has 2 N–H and O–H groups in total. The van der Waals surface area contributed by atoms with Crippen LogP contribution in [-0.2, 0) is 0 Å². The number of allylic oxidation sites excluding steroid dienone is 2. The summed E-state index contributed by atoms with van der Waals surface area (Å²) in [7, 11) is 1.51. The molecule has 0 aliphatic rings. The molecule has 0 aliphatic heterocycles. The lowest BCUT2D eigenvalue weighted by Gasteiger charge is -2.09. The van der Waals surface area contributed by atoms with E-state index < -0.39 is 0 Å². The lowest BCUT2D eigenvalue weighted by molar-refractivity contribution is 0.311. The summed E-state index contributed by atoms with van der Waals surface area (Å²) in [5, 5.41) is 26.8. The molecule has 6 nitrogen and oxygen atoms in total. The van der Waals surface area contributed by atoms with Gasteiger partial charge in [-0.05, 0) is 30.7 Å². The van der Waals surface area contributed by atoms with E-state index in [-0.39, 0.29) is 16.8 Å². The van der Waals surface area contributed by atoms with Crippen LogP contribution in [0.25, 0.3) is 6.08 Å². The lowest BCUT2D eigenvalue weighted by atomic mass is 10.1. The van der Waals surface area contributed by atoms with Crippen LogP contribution < -0.4 is 15.2 Å². The molecule has 0 heterocycles. The maximum atomic E-state index is 9.16. The highest BCUT2D eigenvalue weighted by Gasteiger charge is 2.09. The second-order valence-electron chi connectivity index (χ2n) is 4.03. The van der Waals surface area contributed by atoms with E-state index in [2.05, 4.69) is 0 Å². The molecular formula is C16H14N4O2. The smallest absolute Gasteiger partial charge is 0.161 e. The maximum absolute atomic E-state index is 9.16. The molecule has 1 aromatic rings. The quantitative estimate of drug-likeness (QED) is 0.657. The van der Waals surface area contributed by atoms with E-state index in [9.17, 15) is 0 Å². The van der Waals surface area contributed by atoms with Crippen LogP contribution in [0, 0.1) is 34.0 Å². The Hall–Kier alpha value is -3.43. The molecule has 0 aliphatic carbocycles. The highest BCUT2D eigenvalue weighted by molar-refractivity contribution is 5.67. The van der Waals surface area contributed by atoms with Crippen molar-refractivity contribution in [2.45, 2.75) is 6.92 Å². The fourth-order valence-corrected chi connectivity index (χ4v) is 1.67. The molecule has 0 amide bonds. The van der Waals surface area contributed by atoms with Crippen molar-refractivity contribution in [1.82, 2.24) is 0 Å². The maximum Gasteiger partial charge on any atom is 0.161 e. The summed E-state index contributed by atoms with van der Waals surface area (Å²) in [6.45, 7) is 2.36. The van der Waals surface area contributed by atoms with Crippen molar-refractivity contribution in [1.29, 1.82) is 15.8 Å². The molecular weight excluding hydrogens is 280 g/mol. The van der Waals surface area contributed by atoms with E-state index in [1.807, 2.05) is 13.0 Å². The minimum Gasteiger partial charge on any atom is -0.493 e. The minimum atomic E-state index is -0.300. The SMILES string of the molecule is CCOc1ccc(C=C(C#N)C(N)=C(C#N)C#N)cc1OC. The van der Waals surface area contributed by atoms with Crippen molar-refractivity contribution in [3.63, 3.8) is 0 Å². The van der Waals surface area contributed by atoms with Crippen molar-refractivity contribution in [2.24, 2.45) is 5.73 Å². The largest absolute Gasteiger partial charge is 0.493 e. The number of methoxy groups -OCH3 is 1. The molecule has 0 spiro atoms. The number of nitriles is 3. The third-order valence-corrected chi connectivity index (χ3v) is 2.70. The monoisotopic (exact) mass is 294 g/mol. The molecule has 1 aromatic carbocycles. The van der Waals surface area contributed by atoms with Crippen LogP contribution in [-0.4, -0.2) is 13.7 Å². The number of benzene rings is 1. The predicted molar refractivity (Wildman–Crippen MR) is 80.2 cm³/mol. The molecule has 0 bridgehead atoms. The number of ether oxygens (including phenoxy) is 2. The Bertz CT molecular complexity index is 727.